The maximum Gasteiger partial charge on any atom is 0.315 e. The van der Waals surface area contributed by atoms with Gasteiger partial charge in [0.25, 0.3) is 0 Å². The third-order valence-electron chi connectivity index (χ3n) is 3.07. The molecule has 1 aliphatic rings. The van der Waals surface area contributed by atoms with Crippen LogP contribution in [0.2, 0.25) is 5.02 Å². The number of halogens is 1. The lowest BCUT2D eigenvalue weighted by atomic mass is 10.1. The first-order chi connectivity index (χ1) is 8.75. The van der Waals surface area contributed by atoms with E-state index >= 15 is 0 Å². The number of benzene rings is 1. The predicted octanol–water partition coefficient (Wildman–Crippen LogP) is 1.89. The Balaban J connectivity index is 1.76. The van der Waals surface area contributed by atoms with Crippen LogP contribution in [0, 0.1) is 0 Å². The summed E-state index contributed by atoms with van der Waals surface area (Å²) in [7, 11) is 0. The van der Waals surface area contributed by atoms with Gasteiger partial charge in [-0.05, 0) is 37.6 Å². The van der Waals surface area contributed by atoms with Crippen molar-refractivity contribution in [3.63, 3.8) is 0 Å². The van der Waals surface area contributed by atoms with Crippen molar-refractivity contribution in [2.75, 3.05) is 13.1 Å². The van der Waals surface area contributed by atoms with Gasteiger partial charge in [0.15, 0.2) is 0 Å². The maximum absolute atomic E-state index is 11.7. The first-order valence-electron chi connectivity index (χ1n) is 6.24. The van der Waals surface area contributed by atoms with Crippen molar-refractivity contribution in [1.82, 2.24) is 16.0 Å². The Kier molecular flexibility index (Phi) is 4.84. The molecule has 0 atom stereocenters. The summed E-state index contributed by atoms with van der Waals surface area (Å²) < 4.78 is 0. The molecule has 0 unspecified atom stereocenters. The lowest BCUT2D eigenvalue weighted by Crippen LogP contribution is -2.46. The Morgan fingerprint density at radius 2 is 2.06 bits per heavy atom. The summed E-state index contributed by atoms with van der Waals surface area (Å²) in [6.45, 7) is 2.39. The van der Waals surface area contributed by atoms with Gasteiger partial charge in [-0.1, -0.05) is 29.8 Å². The Bertz CT molecular complexity index is 405. The number of amides is 2. The highest BCUT2D eigenvalue weighted by molar-refractivity contribution is 6.31. The van der Waals surface area contributed by atoms with Crippen molar-refractivity contribution in [1.29, 1.82) is 0 Å². The fraction of sp³-hybridized carbons (Fsp3) is 0.462. The molecule has 0 aliphatic carbocycles. The number of nitrogens with one attached hydrogen (secondary N) is 3. The minimum atomic E-state index is -0.123. The first-order valence-corrected chi connectivity index (χ1v) is 6.62. The van der Waals surface area contributed by atoms with Gasteiger partial charge in [-0.25, -0.2) is 4.79 Å². The van der Waals surface area contributed by atoms with Crippen LogP contribution in [0.5, 0.6) is 0 Å². The summed E-state index contributed by atoms with van der Waals surface area (Å²) in [5.41, 5.74) is 0.930. The zero-order valence-corrected chi connectivity index (χ0v) is 11.0. The largest absolute Gasteiger partial charge is 0.335 e. The van der Waals surface area contributed by atoms with Gasteiger partial charge >= 0.3 is 6.03 Å². The Morgan fingerprint density at radius 3 is 2.78 bits per heavy atom. The minimum Gasteiger partial charge on any atom is -0.335 e. The average Bonchev–Trinajstić information content (AvgIpc) is 2.39. The molecule has 1 aliphatic heterocycles. The third-order valence-corrected chi connectivity index (χ3v) is 3.44. The van der Waals surface area contributed by atoms with Gasteiger partial charge in [-0.2, -0.15) is 0 Å². The van der Waals surface area contributed by atoms with Crippen LogP contribution >= 0.6 is 11.6 Å². The molecule has 1 fully saturated rings. The Morgan fingerprint density at radius 1 is 1.33 bits per heavy atom. The second-order valence-corrected chi connectivity index (χ2v) is 4.85. The lowest BCUT2D eigenvalue weighted by Gasteiger charge is -2.23. The van der Waals surface area contributed by atoms with E-state index in [2.05, 4.69) is 16.0 Å². The topological polar surface area (TPSA) is 53.2 Å². The molecule has 1 saturated heterocycles. The van der Waals surface area contributed by atoms with Crippen molar-refractivity contribution < 1.29 is 4.79 Å². The molecule has 1 aromatic carbocycles. The number of rotatable bonds is 3. The molecule has 2 amide bonds. The Hall–Kier alpha value is -1.26. The van der Waals surface area contributed by atoms with Gasteiger partial charge in [-0.15, -0.1) is 0 Å². The molecule has 5 heteroatoms. The summed E-state index contributed by atoms with van der Waals surface area (Å²) in [5, 5.41) is 9.75. The molecule has 0 aromatic heterocycles. The van der Waals surface area contributed by atoms with Crippen molar-refractivity contribution in [2.24, 2.45) is 0 Å². The summed E-state index contributed by atoms with van der Waals surface area (Å²) in [4.78, 5) is 11.7. The van der Waals surface area contributed by atoms with Gasteiger partial charge in [0.05, 0.1) is 0 Å². The quantitative estimate of drug-likeness (QED) is 0.783. The number of carbonyl (C=O) groups is 1. The standard InChI is InChI=1S/C13H18ClN3O/c14-12-4-2-1-3-10(12)9-16-13(18)17-11-5-7-15-8-6-11/h1-4,11,15H,5-9H2,(H2,16,17,18). The first kappa shape index (κ1) is 13.2. The molecule has 2 rings (SSSR count). The van der Waals surface area contributed by atoms with E-state index in [9.17, 15) is 4.79 Å². The molecular formula is C13H18ClN3O. The fourth-order valence-electron chi connectivity index (χ4n) is 2.02. The average molecular weight is 268 g/mol. The van der Waals surface area contributed by atoms with Crippen LogP contribution in [0.4, 0.5) is 4.79 Å². The molecular weight excluding hydrogens is 250 g/mol. The molecule has 0 bridgehead atoms. The van der Waals surface area contributed by atoms with Crippen molar-refractivity contribution in [3.05, 3.63) is 34.9 Å². The van der Waals surface area contributed by atoms with Gasteiger partial charge in [0, 0.05) is 17.6 Å². The lowest BCUT2D eigenvalue weighted by molar-refractivity contribution is 0.233. The van der Waals surface area contributed by atoms with Gasteiger partial charge < -0.3 is 16.0 Å². The predicted molar refractivity (Wildman–Crippen MR) is 72.7 cm³/mol. The second-order valence-electron chi connectivity index (χ2n) is 4.44. The molecule has 1 heterocycles. The zero-order valence-electron chi connectivity index (χ0n) is 10.2. The van der Waals surface area contributed by atoms with Gasteiger partial charge in [0.2, 0.25) is 0 Å². The number of piperidine rings is 1. The summed E-state index contributed by atoms with van der Waals surface area (Å²) in [5.74, 6) is 0. The van der Waals surface area contributed by atoms with Crippen molar-refractivity contribution in [2.45, 2.75) is 25.4 Å². The molecule has 0 saturated carbocycles. The SMILES string of the molecule is O=C(NCc1ccccc1Cl)NC1CCNCC1. The van der Waals surface area contributed by atoms with E-state index in [0.717, 1.165) is 31.5 Å². The van der Waals surface area contributed by atoms with Crippen molar-refractivity contribution >= 4 is 17.6 Å². The number of hydrogen-bond donors (Lipinski definition) is 3. The fourth-order valence-corrected chi connectivity index (χ4v) is 2.22. The molecule has 18 heavy (non-hydrogen) atoms. The normalized spacial score (nSPS) is 16.3. The van der Waals surface area contributed by atoms with E-state index in [1.54, 1.807) is 0 Å². The molecule has 98 valence electrons. The number of hydrogen-bond acceptors (Lipinski definition) is 2. The van der Waals surface area contributed by atoms with Gasteiger partial charge in [-0.3, -0.25) is 0 Å². The summed E-state index contributed by atoms with van der Waals surface area (Å²) in [6.07, 6.45) is 1.97. The minimum absolute atomic E-state index is 0.123. The molecule has 3 N–H and O–H groups in total. The van der Waals surface area contributed by atoms with Crippen LogP contribution in [0.15, 0.2) is 24.3 Å². The van der Waals surface area contributed by atoms with E-state index in [1.165, 1.54) is 0 Å². The van der Waals surface area contributed by atoms with Crippen LogP contribution in [-0.4, -0.2) is 25.2 Å². The Labute approximate surface area is 112 Å². The van der Waals surface area contributed by atoms with Crippen LogP contribution in [0.25, 0.3) is 0 Å². The number of carbonyl (C=O) groups excluding carboxylic acids is 1. The highest BCUT2D eigenvalue weighted by atomic mass is 35.5. The van der Waals surface area contributed by atoms with E-state index in [1.807, 2.05) is 24.3 Å². The van der Waals surface area contributed by atoms with E-state index < -0.39 is 0 Å². The molecule has 1 aromatic rings. The van der Waals surface area contributed by atoms with E-state index in [-0.39, 0.29) is 12.1 Å². The monoisotopic (exact) mass is 267 g/mol. The van der Waals surface area contributed by atoms with Crippen LogP contribution in [0.3, 0.4) is 0 Å². The smallest absolute Gasteiger partial charge is 0.315 e. The molecule has 4 nitrogen and oxygen atoms in total. The van der Waals surface area contributed by atoms with Crippen LogP contribution in [0.1, 0.15) is 18.4 Å². The second kappa shape index (κ2) is 6.61. The number of urea groups is 1. The summed E-state index contributed by atoms with van der Waals surface area (Å²) in [6, 6.07) is 7.67. The van der Waals surface area contributed by atoms with E-state index in [4.69, 9.17) is 11.6 Å². The zero-order chi connectivity index (χ0) is 12.8. The maximum atomic E-state index is 11.7. The third kappa shape index (κ3) is 3.89. The molecule has 0 spiro atoms. The molecule has 0 radical (unpaired) electrons. The highest BCUT2D eigenvalue weighted by Gasteiger charge is 2.14. The van der Waals surface area contributed by atoms with Gasteiger partial charge in [0.1, 0.15) is 0 Å². The van der Waals surface area contributed by atoms with Crippen LogP contribution in [-0.2, 0) is 6.54 Å². The van der Waals surface area contributed by atoms with Crippen molar-refractivity contribution in [3.8, 4) is 0 Å². The van der Waals surface area contributed by atoms with Crippen LogP contribution < -0.4 is 16.0 Å². The highest BCUT2D eigenvalue weighted by Crippen LogP contribution is 2.14. The summed E-state index contributed by atoms with van der Waals surface area (Å²) >= 11 is 6.02. The van der Waals surface area contributed by atoms with E-state index in [0.29, 0.717) is 11.6 Å².